The molecular weight excluding hydrogens is 514 g/mol. The number of likely N-dealkylation sites (N-methyl/N-ethyl adjacent to an activating group) is 1. The number of rotatable bonds is 6. The maximum absolute atomic E-state index is 12.1. The molecule has 2 aromatic carbocycles. The summed E-state index contributed by atoms with van der Waals surface area (Å²) >= 11 is 6.65. The highest BCUT2D eigenvalue weighted by molar-refractivity contribution is 6.35. The number of fused-ring (bicyclic) bond motifs is 2. The highest BCUT2D eigenvalue weighted by atomic mass is 35.5. The van der Waals surface area contributed by atoms with Crippen molar-refractivity contribution in [1.29, 1.82) is 0 Å². The van der Waals surface area contributed by atoms with E-state index < -0.39 is 0 Å². The van der Waals surface area contributed by atoms with Crippen molar-refractivity contribution in [1.82, 2.24) is 19.8 Å². The van der Waals surface area contributed by atoms with Crippen molar-refractivity contribution in [3.63, 3.8) is 0 Å². The van der Waals surface area contributed by atoms with Gasteiger partial charge in [0, 0.05) is 54.6 Å². The summed E-state index contributed by atoms with van der Waals surface area (Å²) in [5.74, 6) is 0.805. The number of halogens is 1. The number of aromatic nitrogens is 2. The van der Waals surface area contributed by atoms with Crippen LogP contribution in [0.4, 0.5) is 5.82 Å². The minimum Gasteiger partial charge on any atom is -0.462 e. The number of ether oxygens (including phenoxy) is 2. The Morgan fingerprint density at radius 2 is 1.95 bits per heavy atom. The summed E-state index contributed by atoms with van der Waals surface area (Å²) in [4.78, 5) is 28.3. The van der Waals surface area contributed by atoms with E-state index in [0.717, 1.165) is 51.4 Å². The molecule has 0 spiro atoms. The van der Waals surface area contributed by atoms with Crippen molar-refractivity contribution in [2.75, 3.05) is 51.3 Å². The number of piperazine rings is 1. The van der Waals surface area contributed by atoms with Crippen molar-refractivity contribution in [2.24, 2.45) is 0 Å². The van der Waals surface area contributed by atoms with Gasteiger partial charge in [0.1, 0.15) is 12.4 Å². The molecule has 3 aromatic rings. The highest BCUT2D eigenvalue weighted by Gasteiger charge is 2.31. The van der Waals surface area contributed by atoms with Crippen LogP contribution >= 0.6 is 11.6 Å². The lowest BCUT2D eigenvalue weighted by Crippen LogP contribution is -2.49. The molecule has 0 bridgehead atoms. The van der Waals surface area contributed by atoms with Crippen molar-refractivity contribution in [3.8, 4) is 6.01 Å². The lowest BCUT2D eigenvalue weighted by atomic mass is 9.94. The summed E-state index contributed by atoms with van der Waals surface area (Å²) in [6, 6.07) is 13.0. The Labute approximate surface area is 234 Å². The van der Waals surface area contributed by atoms with Gasteiger partial charge >= 0.3 is 6.01 Å². The molecule has 2 unspecified atom stereocenters. The van der Waals surface area contributed by atoms with Crippen LogP contribution in [0, 0.1) is 0 Å². The molecule has 3 aliphatic heterocycles. The molecule has 204 valence electrons. The predicted molar refractivity (Wildman–Crippen MR) is 152 cm³/mol. The first kappa shape index (κ1) is 26.0. The molecule has 0 aliphatic carbocycles. The van der Waals surface area contributed by atoms with E-state index in [-0.39, 0.29) is 12.0 Å². The van der Waals surface area contributed by atoms with Crippen molar-refractivity contribution in [3.05, 3.63) is 70.9 Å². The van der Waals surface area contributed by atoms with Crippen molar-refractivity contribution < 1.29 is 14.3 Å². The zero-order valence-corrected chi connectivity index (χ0v) is 23.1. The first-order chi connectivity index (χ1) is 19.0. The Hall–Kier alpha value is -3.20. The molecular formula is C30H34ClN5O3. The molecule has 0 saturated carbocycles. The second-order valence-corrected chi connectivity index (χ2v) is 11.0. The fourth-order valence-corrected chi connectivity index (χ4v) is 6.27. The number of likely N-dealkylation sites (tertiary alicyclic amines) is 1. The van der Waals surface area contributed by atoms with Crippen LogP contribution in [0.3, 0.4) is 0 Å². The predicted octanol–water partition coefficient (Wildman–Crippen LogP) is 4.40. The fourth-order valence-electron chi connectivity index (χ4n) is 5.98. The summed E-state index contributed by atoms with van der Waals surface area (Å²) in [5, 5.41) is 2.83. The average Bonchev–Trinajstić information content (AvgIpc) is 3.39. The molecule has 9 heteroatoms. The van der Waals surface area contributed by atoms with E-state index in [2.05, 4.69) is 47.7 Å². The van der Waals surface area contributed by atoms with Gasteiger partial charge in [-0.3, -0.25) is 4.79 Å². The largest absolute Gasteiger partial charge is 0.462 e. The minimum atomic E-state index is -0.181. The molecule has 3 aliphatic rings. The number of hydrogen-bond donors (Lipinski definition) is 0. The summed E-state index contributed by atoms with van der Waals surface area (Å²) in [6.45, 7) is 8.26. The molecule has 2 saturated heterocycles. The topological polar surface area (TPSA) is 71.0 Å². The molecule has 0 N–H and O–H groups in total. The van der Waals surface area contributed by atoms with Crippen LogP contribution in [0.5, 0.6) is 6.01 Å². The van der Waals surface area contributed by atoms with Crippen molar-refractivity contribution in [2.45, 2.75) is 38.0 Å². The van der Waals surface area contributed by atoms with Crippen LogP contribution in [0.2, 0.25) is 5.02 Å². The maximum atomic E-state index is 12.1. The van der Waals surface area contributed by atoms with Gasteiger partial charge in [-0.05, 0) is 49.5 Å². The van der Waals surface area contributed by atoms with Crippen LogP contribution in [-0.2, 0) is 22.6 Å². The van der Waals surface area contributed by atoms with Crippen LogP contribution < -0.4 is 9.64 Å². The van der Waals surface area contributed by atoms with Gasteiger partial charge < -0.3 is 24.2 Å². The van der Waals surface area contributed by atoms with E-state index in [4.69, 9.17) is 31.0 Å². The lowest BCUT2D eigenvalue weighted by Gasteiger charge is -2.37. The fraction of sp³-hybridized carbons (Fsp3) is 0.433. The molecule has 8 nitrogen and oxygen atoms in total. The van der Waals surface area contributed by atoms with E-state index in [1.165, 1.54) is 12.5 Å². The Morgan fingerprint density at radius 1 is 1.15 bits per heavy atom. The minimum absolute atomic E-state index is 0.0380. The van der Waals surface area contributed by atoms with Crippen LogP contribution in [0.25, 0.3) is 10.8 Å². The molecule has 1 amide bonds. The third-order valence-corrected chi connectivity index (χ3v) is 8.55. The van der Waals surface area contributed by atoms with E-state index in [9.17, 15) is 4.79 Å². The number of benzene rings is 2. The first-order valence-corrected chi connectivity index (χ1v) is 14.1. The number of hydrogen-bond acceptors (Lipinski definition) is 7. The van der Waals surface area contributed by atoms with Crippen LogP contribution in [0.1, 0.15) is 35.8 Å². The second kappa shape index (κ2) is 11.1. The third kappa shape index (κ3) is 5.21. The van der Waals surface area contributed by atoms with E-state index in [1.54, 1.807) is 0 Å². The van der Waals surface area contributed by atoms with Crippen LogP contribution in [-0.4, -0.2) is 78.1 Å². The smallest absolute Gasteiger partial charge is 0.318 e. The standard InChI is InChI=1S/C30H34ClN5O3/c1-3-27(37)35-13-15-36(16-14-35)29-23-19-38-26(22-10-4-7-20-8-5-11-24(31)28(20)22)17-25(23)32-30(33-29)39-18-21-9-6-12-34(21)2/h3-5,7-8,10-11,21,26H,1,6,9,12-19H2,2H3. The Balaban J connectivity index is 1.31. The summed E-state index contributed by atoms with van der Waals surface area (Å²) in [7, 11) is 2.14. The lowest BCUT2D eigenvalue weighted by molar-refractivity contribution is -0.126. The molecule has 1 aromatic heterocycles. The maximum Gasteiger partial charge on any atom is 0.318 e. The highest BCUT2D eigenvalue weighted by Crippen LogP contribution is 2.39. The first-order valence-electron chi connectivity index (χ1n) is 13.7. The summed E-state index contributed by atoms with van der Waals surface area (Å²) < 4.78 is 12.7. The van der Waals surface area contributed by atoms with Gasteiger partial charge in [-0.15, -0.1) is 0 Å². The Kier molecular flexibility index (Phi) is 7.42. The molecule has 4 heterocycles. The second-order valence-electron chi connectivity index (χ2n) is 10.5. The zero-order chi connectivity index (χ0) is 26.9. The van der Waals surface area contributed by atoms with Crippen LogP contribution in [0.15, 0.2) is 49.1 Å². The molecule has 0 radical (unpaired) electrons. The van der Waals surface area contributed by atoms with Gasteiger partial charge in [0.25, 0.3) is 0 Å². The molecule has 2 atom stereocenters. The number of carbonyl (C=O) groups excluding carboxylic acids is 1. The molecule has 39 heavy (non-hydrogen) atoms. The van der Waals surface area contributed by atoms with E-state index in [1.807, 2.05) is 17.0 Å². The van der Waals surface area contributed by atoms with Gasteiger partial charge in [-0.2, -0.15) is 9.97 Å². The number of anilines is 1. The van der Waals surface area contributed by atoms with Gasteiger partial charge in [0.2, 0.25) is 5.91 Å². The monoisotopic (exact) mass is 547 g/mol. The Bertz CT molecular complexity index is 1390. The number of carbonyl (C=O) groups is 1. The summed E-state index contributed by atoms with van der Waals surface area (Å²) in [6.07, 6.45) is 4.09. The zero-order valence-electron chi connectivity index (χ0n) is 22.3. The van der Waals surface area contributed by atoms with E-state index >= 15 is 0 Å². The molecule has 2 fully saturated rings. The third-order valence-electron chi connectivity index (χ3n) is 8.23. The summed E-state index contributed by atoms with van der Waals surface area (Å²) in [5.41, 5.74) is 3.00. The van der Waals surface area contributed by atoms with Crippen molar-refractivity contribution >= 4 is 34.1 Å². The normalized spacial score (nSPS) is 21.7. The SMILES string of the molecule is C=CC(=O)N1CCN(c2nc(OCC3CCCN3C)nc3c2COC(c2cccc4cccc(Cl)c24)C3)CC1. The van der Waals surface area contributed by atoms with Gasteiger partial charge in [0.05, 0.1) is 18.4 Å². The average molecular weight is 548 g/mol. The number of nitrogens with zero attached hydrogens (tertiary/aromatic N) is 5. The molecule has 6 rings (SSSR count). The van der Waals surface area contributed by atoms with Gasteiger partial charge in [-0.25, -0.2) is 0 Å². The van der Waals surface area contributed by atoms with Gasteiger partial charge in [-0.1, -0.05) is 48.5 Å². The number of amides is 1. The van der Waals surface area contributed by atoms with Gasteiger partial charge in [0.15, 0.2) is 0 Å². The van der Waals surface area contributed by atoms with E-state index in [0.29, 0.717) is 57.9 Å². The Morgan fingerprint density at radius 3 is 2.69 bits per heavy atom. The quantitative estimate of drug-likeness (QED) is 0.423.